The molecule has 0 N–H and O–H groups in total. The Morgan fingerprint density at radius 2 is 2.00 bits per heavy atom. The van der Waals surface area contributed by atoms with E-state index >= 15 is 0 Å². The van der Waals surface area contributed by atoms with Gasteiger partial charge >= 0.3 is 0 Å². The van der Waals surface area contributed by atoms with Gasteiger partial charge in [-0.05, 0) is 23.8 Å². The molecule has 0 saturated heterocycles. The van der Waals surface area contributed by atoms with Gasteiger partial charge in [0.1, 0.15) is 11.9 Å². The summed E-state index contributed by atoms with van der Waals surface area (Å²) in [5.41, 5.74) is 3.40. The molecule has 1 aliphatic heterocycles. The van der Waals surface area contributed by atoms with E-state index in [1.807, 2.05) is 53.2 Å². The lowest BCUT2D eigenvalue weighted by Crippen LogP contribution is -2.22. The maximum atomic E-state index is 6.04. The summed E-state index contributed by atoms with van der Waals surface area (Å²) in [6.07, 6.45) is 0.353. The number of aromatic nitrogens is 5. The Balaban J connectivity index is 1.36. The Kier molecular flexibility index (Phi) is 4.94. The van der Waals surface area contributed by atoms with Crippen LogP contribution in [0.1, 0.15) is 28.8 Å². The van der Waals surface area contributed by atoms with Gasteiger partial charge in [0.2, 0.25) is 11.7 Å². The predicted molar refractivity (Wildman–Crippen MR) is 108 cm³/mol. The van der Waals surface area contributed by atoms with Gasteiger partial charge in [-0.2, -0.15) is 4.98 Å². The highest BCUT2D eigenvalue weighted by atomic mass is 35.5. The van der Waals surface area contributed by atoms with Crippen LogP contribution in [0.4, 0.5) is 0 Å². The van der Waals surface area contributed by atoms with Crippen molar-refractivity contribution in [3.05, 3.63) is 76.3 Å². The number of para-hydroxylation sites is 1. The average Bonchev–Trinajstić information content (AvgIpc) is 3.41. The van der Waals surface area contributed by atoms with Gasteiger partial charge < -0.3 is 14.0 Å². The Hall–Kier alpha value is -3.23. The number of hydrogen-bond donors (Lipinski definition) is 0. The number of nitrogens with zero attached hydrogens (tertiary/aromatic N) is 5. The molecule has 0 saturated carbocycles. The van der Waals surface area contributed by atoms with Crippen molar-refractivity contribution in [2.75, 3.05) is 7.11 Å². The highest BCUT2D eigenvalue weighted by Crippen LogP contribution is 2.30. The third-order valence-corrected chi connectivity index (χ3v) is 5.31. The van der Waals surface area contributed by atoms with Crippen molar-refractivity contribution in [3.63, 3.8) is 0 Å². The Labute approximate surface area is 177 Å². The summed E-state index contributed by atoms with van der Waals surface area (Å²) in [7, 11) is 1.64. The Morgan fingerprint density at radius 3 is 2.83 bits per heavy atom. The first-order valence-electron chi connectivity index (χ1n) is 9.45. The van der Waals surface area contributed by atoms with Gasteiger partial charge in [0.05, 0.1) is 32.4 Å². The number of benzene rings is 2. The van der Waals surface area contributed by atoms with E-state index in [0.717, 1.165) is 22.6 Å². The molecule has 30 heavy (non-hydrogen) atoms. The minimum absolute atomic E-state index is 0.115. The third kappa shape index (κ3) is 3.55. The van der Waals surface area contributed by atoms with Crippen molar-refractivity contribution in [2.45, 2.75) is 25.7 Å². The fourth-order valence-corrected chi connectivity index (χ4v) is 3.63. The standard InChI is InChI=1S/C21H18ClN5O3/c1-28-17-5-3-2-4-14(17)10-19-23-21(25-30-19)20-16-12-29-18(11-27(16)26-24-20)13-6-8-15(22)9-7-13/h2-9,18H,10-12H2,1H3/t18-/m1/s1. The molecule has 2 aromatic heterocycles. The number of rotatable bonds is 5. The lowest BCUT2D eigenvalue weighted by molar-refractivity contribution is -0.00111. The van der Waals surface area contributed by atoms with Crippen LogP contribution in [-0.2, 0) is 24.3 Å². The van der Waals surface area contributed by atoms with Crippen molar-refractivity contribution in [1.82, 2.24) is 25.1 Å². The zero-order chi connectivity index (χ0) is 20.5. The summed E-state index contributed by atoms with van der Waals surface area (Å²) in [5.74, 6) is 1.65. The molecule has 9 heteroatoms. The second kappa shape index (κ2) is 7.89. The molecule has 0 spiro atoms. The van der Waals surface area contributed by atoms with E-state index < -0.39 is 0 Å². The van der Waals surface area contributed by atoms with Crippen molar-refractivity contribution >= 4 is 11.6 Å². The molecule has 2 aromatic carbocycles. The average molecular weight is 424 g/mol. The number of methoxy groups -OCH3 is 1. The molecule has 0 bridgehead atoms. The molecule has 0 fully saturated rings. The lowest BCUT2D eigenvalue weighted by atomic mass is 10.1. The predicted octanol–water partition coefficient (Wildman–Crippen LogP) is 3.85. The molecule has 4 aromatic rings. The Morgan fingerprint density at radius 1 is 1.17 bits per heavy atom. The fourth-order valence-electron chi connectivity index (χ4n) is 3.50. The summed E-state index contributed by atoms with van der Waals surface area (Å²) in [6, 6.07) is 15.3. The number of ether oxygens (including phenoxy) is 2. The van der Waals surface area contributed by atoms with Gasteiger partial charge in [0, 0.05) is 10.6 Å². The van der Waals surface area contributed by atoms with Crippen LogP contribution in [0.5, 0.6) is 5.75 Å². The number of hydrogen-bond acceptors (Lipinski definition) is 7. The summed E-state index contributed by atoms with van der Waals surface area (Å²) < 4.78 is 18.7. The fraction of sp³-hybridized carbons (Fsp3) is 0.238. The monoisotopic (exact) mass is 423 g/mol. The van der Waals surface area contributed by atoms with Crippen LogP contribution in [-0.4, -0.2) is 32.2 Å². The molecule has 152 valence electrons. The highest BCUT2D eigenvalue weighted by Gasteiger charge is 2.27. The highest BCUT2D eigenvalue weighted by molar-refractivity contribution is 6.30. The Bertz CT molecular complexity index is 1170. The molecule has 5 rings (SSSR count). The summed E-state index contributed by atoms with van der Waals surface area (Å²) in [5, 5.41) is 13.3. The summed E-state index contributed by atoms with van der Waals surface area (Å²) in [4.78, 5) is 4.50. The molecule has 0 unspecified atom stereocenters. The van der Waals surface area contributed by atoms with Crippen LogP contribution >= 0.6 is 11.6 Å². The largest absolute Gasteiger partial charge is 0.496 e. The first-order chi connectivity index (χ1) is 14.7. The van der Waals surface area contributed by atoms with Crippen LogP contribution in [0.2, 0.25) is 5.02 Å². The lowest BCUT2D eigenvalue weighted by Gasteiger charge is -2.24. The van der Waals surface area contributed by atoms with Gasteiger partial charge in [0.25, 0.3) is 0 Å². The van der Waals surface area contributed by atoms with Crippen molar-refractivity contribution in [3.8, 4) is 17.3 Å². The maximum absolute atomic E-state index is 6.04. The van der Waals surface area contributed by atoms with Crippen LogP contribution in [0.15, 0.2) is 53.1 Å². The van der Waals surface area contributed by atoms with Crippen molar-refractivity contribution in [2.24, 2.45) is 0 Å². The van der Waals surface area contributed by atoms with Crippen molar-refractivity contribution < 1.29 is 14.0 Å². The third-order valence-electron chi connectivity index (χ3n) is 5.05. The summed E-state index contributed by atoms with van der Waals surface area (Å²) in [6.45, 7) is 0.905. The first kappa shape index (κ1) is 18.8. The molecule has 0 radical (unpaired) electrons. The number of halogens is 1. The minimum atomic E-state index is -0.115. The van der Waals surface area contributed by atoms with Gasteiger partial charge in [-0.25, -0.2) is 4.68 Å². The SMILES string of the molecule is COc1ccccc1Cc1nc(-c2nnn3c2CO[C@@H](c2ccc(Cl)cc2)C3)no1. The minimum Gasteiger partial charge on any atom is -0.496 e. The van der Waals surface area contributed by atoms with E-state index in [9.17, 15) is 0 Å². The van der Waals surface area contributed by atoms with Gasteiger partial charge in [-0.3, -0.25) is 0 Å². The smallest absolute Gasteiger partial charge is 0.231 e. The van der Waals surface area contributed by atoms with Crippen LogP contribution in [0, 0.1) is 0 Å². The molecule has 0 amide bonds. The maximum Gasteiger partial charge on any atom is 0.231 e. The molecule has 1 aliphatic rings. The van der Waals surface area contributed by atoms with Gasteiger partial charge in [-0.15, -0.1) is 5.10 Å². The number of fused-ring (bicyclic) bond motifs is 1. The molecular formula is C21H18ClN5O3. The van der Waals surface area contributed by atoms with Gasteiger partial charge in [-0.1, -0.05) is 52.3 Å². The van der Waals surface area contributed by atoms with E-state index in [-0.39, 0.29) is 6.10 Å². The van der Waals surface area contributed by atoms with Crippen LogP contribution in [0.25, 0.3) is 11.5 Å². The molecule has 8 nitrogen and oxygen atoms in total. The van der Waals surface area contributed by atoms with Crippen molar-refractivity contribution in [1.29, 1.82) is 0 Å². The molecule has 1 atom stereocenters. The second-order valence-electron chi connectivity index (χ2n) is 6.92. The zero-order valence-electron chi connectivity index (χ0n) is 16.2. The molecule has 3 heterocycles. The van der Waals surface area contributed by atoms with E-state index in [1.165, 1.54) is 0 Å². The first-order valence-corrected chi connectivity index (χ1v) is 9.83. The van der Waals surface area contributed by atoms with E-state index in [0.29, 0.717) is 42.0 Å². The van der Waals surface area contributed by atoms with E-state index in [1.54, 1.807) is 7.11 Å². The van der Waals surface area contributed by atoms with Gasteiger partial charge in [0.15, 0.2) is 5.69 Å². The van der Waals surface area contributed by atoms with E-state index in [2.05, 4.69) is 20.5 Å². The van der Waals surface area contributed by atoms with Crippen LogP contribution < -0.4 is 4.74 Å². The van der Waals surface area contributed by atoms with E-state index in [4.69, 9.17) is 25.6 Å². The normalized spacial score (nSPS) is 15.7. The zero-order valence-corrected chi connectivity index (χ0v) is 16.9. The van der Waals surface area contributed by atoms with Crippen LogP contribution in [0.3, 0.4) is 0 Å². The quantitative estimate of drug-likeness (QED) is 0.481. The topological polar surface area (TPSA) is 88.1 Å². The second-order valence-corrected chi connectivity index (χ2v) is 7.35. The molecular weight excluding hydrogens is 406 g/mol. The molecule has 0 aliphatic carbocycles. The summed E-state index contributed by atoms with van der Waals surface area (Å²) >= 11 is 5.97.